The highest BCUT2D eigenvalue weighted by atomic mass is 16.1. The third kappa shape index (κ3) is 1.28. The quantitative estimate of drug-likeness (QED) is 0.507. The summed E-state index contributed by atoms with van der Waals surface area (Å²) >= 11 is 0. The number of Topliss-reactive ketones (excluding diaryl/α,β-unsaturated/α-hetero) is 1. The molecule has 0 saturated heterocycles. The molecule has 1 aliphatic rings. The van der Waals surface area contributed by atoms with Gasteiger partial charge in [0.05, 0.1) is 0 Å². The zero-order chi connectivity index (χ0) is 7.56. The summed E-state index contributed by atoms with van der Waals surface area (Å²) in [6, 6.07) is 0. The number of allylic oxidation sites excluding steroid dienone is 1. The van der Waals surface area contributed by atoms with Crippen molar-refractivity contribution in [2.45, 2.75) is 26.2 Å². The largest absolute Gasteiger partial charge is 0.299 e. The van der Waals surface area contributed by atoms with Gasteiger partial charge in [-0.25, -0.2) is 0 Å². The summed E-state index contributed by atoms with van der Waals surface area (Å²) in [7, 11) is 0. The van der Waals surface area contributed by atoms with Crippen LogP contribution in [0.4, 0.5) is 0 Å². The van der Waals surface area contributed by atoms with Crippen molar-refractivity contribution in [3.8, 4) is 0 Å². The molecule has 0 aliphatic heterocycles. The molecule has 0 aromatic rings. The van der Waals surface area contributed by atoms with Gasteiger partial charge in [-0.1, -0.05) is 13.0 Å². The van der Waals surface area contributed by atoms with Gasteiger partial charge in [0.15, 0.2) is 0 Å². The Balaban J connectivity index is 2.62. The van der Waals surface area contributed by atoms with Crippen LogP contribution in [0.15, 0.2) is 12.7 Å². The lowest BCUT2D eigenvalue weighted by Gasteiger charge is -2.24. The fourth-order valence-electron chi connectivity index (χ4n) is 1.63. The van der Waals surface area contributed by atoms with Crippen LogP contribution in [0.2, 0.25) is 0 Å². The van der Waals surface area contributed by atoms with Gasteiger partial charge in [0.25, 0.3) is 0 Å². The van der Waals surface area contributed by atoms with Crippen LogP contribution >= 0.6 is 0 Å². The van der Waals surface area contributed by atoms with Crippen molar-refractivity contribution >= 4 is 5.78 Å². The first-order valence-corrected chi connectivity index (χ1v) is 3.91. The molecular formula is C9H14O. The van der Waals surface area contributed by atoms with E-state index in [1.807, 2.05) is 0 Å². The summed E-state index contributed by atoms with van der Waals surface area (Å²) in [6.45, 7) is 5.79. The fourth-order valence-corrected chi connectivity index (χ4v) is 1.63. The second-order valence-corrected chi connectivity index (χ2v) is 3.10. The molecule has 56 valence electrons. The zero-order valence-corrected chi connectivity index (χ0v) is 6.47. The average molecular weight is 138 g/mol. The summed E-state index contributed by atoms with van der Waals surface area (Å²) in [5.41, 5.74) is 0. The number of carbonyl (C=O) groups excluding carboxylic acids is 1. The lowest BCUT2D eigenvalue weighted by atomic mass is 9.80. The van der Waals surface area contributed by atoms with Gasteiger partial charge in [-0.3, -0.25) is 4.79 Å². The highest BCUT2D eigenvalue weighted by Gasteiger charge is 2.25. The van der Waals surface area contributed by atoms with Crippen LogP contribution in [0.25, 0.3) is 0 Å². The molecule has 0 aromatic heterocycles. The molecular weight excluding hydrogens is 124 g/mol. The molecule has 0 bridgehead atoms. The lowest BCUT2D eigenvalue weighted by molar-refractivity contribution is -0.124. The summed E-state index contributed by atoms with van der Waals surface area (Å²) in [5.74, 6) is 1.06. The average Bonchev–Trinajstić information content (AvgIpc) is 1.88. The van der Waals surface area contributed by atoms with E-state index >= 15 is 0 Å². The second kappa shape index (κ2) is 3.00. The number of rotatable bonds is 1. The Bertz CT molecular complexity index is 149. The number of hydrogen-bond acceptors (Lipinski definition) is 1. The monoisotopic (exact) mass is 138 g/mol. The molecule has 1 heteroatoms. The van der Waals surface area contributed by atoms with E-state index in [4.69, 9.17) is 0 Å². The van der Waals surface area contributed by atoms with Crippen molar-refractivity contribution in [3.63, 3.8) is 0 Å². The van der Waals surface area contributed by atoms with Crippen molar-refractivity contribution in [1.29, 1.82) is 0 Å². The molecule has 1 fully saturated rings. The third-order valence-corrected chi connectivity index (χ3v) is 2.32. The topological polar surface area (TPSA) is 17.1 Å². The van der Waals surface area contributed by atoms with Crippen molar-refractivity contribution < 1.29 is 4.79 Å². The van der Waals surface area contributed by atoms with Crippen LogP contribution in [0.5, 0.6) is 0 Å². The van der Waals surface area contributed by atoms with Gasteiger partial charge < -0.3 is 0 Å². The molecule has 1 saturated carbocycles. The summed E-state index contributed by atoms with van der Waals surface area (Å²) in [4.78, 5) is 11.2. The molecule has 1 aliphatic carbocycles. The maximum absolute atomic E-state index is 11.2. The van der Waals surface area contributed by atoms with Gasteiger partial charge >= 0.3 is 0 Å². The van der Waals surface area contributed by atoms with Crippen molar-refractivity contribution in [1.82, 2.24) is 0 Å². The Morgan fingerprint density at radius 3 is 2.80 bits per heavy atom. The van der Waals surface area contributed by atoms with E-state index in [0.29, 0.717) is 11.7 Å². The highest BCUT2D eigenvalue weighted by molar-refractivity contribution is 5.83. The fraction of sp³-hybridized carbons (Fsp3) is 0.667. The Kier molecular flexibility index (Phi) is 2.25. The van der Waals surface area contributed by atoms with E-state index in [1.54, 1.807) is 6.08 Å². The van der Waals surface area contributed by atoms with Crippen LogP contribution < -0.4 is 0 Å². The van der Waals surface area contributed by atoms with E-state index in [1.165, 1.54) is 6.42 Å². The standard InChI is InChI=1S/C9H14O/c1-3-8-7(2)5-4-6-9(8)10/h3,7-8H,1,4-6H2,2H3/t7-,8+/m0/s1. The van der Waals surface area contributed by atoms with Crippen LogP contribution in [0.3, 0.4) is 0 Å². The Morgan fingerprint density at radius 1 is 1.70 bits per heavy atom. The van der Waals surface area contributed by atoms with Crippen LogP contribution in [-0.2, 0) is 4.79 Å². The molecule has 0 unspecified atom stereocenters. The Morgan fingerprint density at radius 2 is 2.40 bits per heavy atom. The number of ketones is 1. The first kappa shape index (κ1) is 7.52. The van der Waals surface area contributed by atoms with E-state index < -0.39 is 0 Å². The van der Waals surface area contributed by atoms with E-state index in [2.05, 4.69) is 13.5 Å². The van der Waals surface area contributed by atoms with Crippen molar-refractivity contribution in [2.24, 2.45) is 11.8 Å². The zero-order valence-electron chi connectivity index (χ0n) is 6.47. The highest BCUT2D eigenvalue weighted by Crippen LogP contribution is 2.27. The van der Waals surface area contributed by atoms with E-state index in [0.717, 1.165) is 12.8 Å². The molecule has 0 aromatic carbocycles. The molecule has 0 heterocycles. The number of hydrogen-bond donors (Lipinski definition) is 0. The predicted molar refractivity (Wildman–Crippen MR) is 41.7 cm³/mol. The van der Waals surface area contributed by atoms with Gasteiger partial charge in [-0.2, -0.15) is 0 Å². The first-order valence-electron chi connectivity index (χ1n) is 3.91. The summed E-state index contributed by atoms with van der Waals surface area (Å²) in [5, 5.41) is 0. The summed E-state index contributed by atoms with van der Waals surface area (Å²) < 4.78 is 0. The minimum atomic E-state index is 0.147. The smallest absolute Gasteiger partial charge is 0.139 e. The van der Waals surface area contributed by atoms with Crippen LogP contribution in [-0.4, -0.2) is 5.78 Å². The predicted octanol–water partition coefficient (Wildman–Crippen LogP) is 2.18. The lowest BCUT2D eigenvalue weighted by Crippen LogP contribution is -2.24. The van der Waals surface area contributed by atoms with Gasteiger partial charge in [0.1, 0.15) is 5.78 Å². The molecule has 0 spiro atoms. The molecule has 1 nitrogen and oxygen atoms in total. The molecule has 10 heavy (non-hydrogen) atoms. The summed E-state index contributed by atoms with van der Waals surface area (Å²) in [6.07, 6.45) is 4.82. The molecule has 0 amide bonds. The van der Waals surface area contributed by atoms with Crippen molar-refractivity contribution in [3.05, 3.63) is 12.7 Å². The Hall–Kier alpha value is -0.590. The van der Waals surface area contributed by atoms with Gasteiger partial charge in [-0.05, 0) is 18.8 Å². The van der Waals surface area contributed by atoms with E-state index in [-0.39, 0.29) is 5.92 Å². The minimum absolute atomic E-state index is 0.147. The second-order valence-electron chi connectivity index (χ2n) is 3.10. The van der Waals surface area contributed by atoms with Crippen LogP contribution in [0.1, 0.15) is 26.2 Å². The minimum Gasteiger partial charge on any atom is -0.299 e. The maximum Gasteiger partial charge on any atom is 0.139 e. The normalized spacial score (nSPS) is 33.9. The van der Waals surface area contributed by atoms with E-state index in [9.17, 15) is 4.79 Å². The third-order valence-electron chi connectivity index (χ3n) is 2.32. The van der Waals surface area contributed by atoms with Gasteiger partial charge in [-0.15, -0.1) is 6.58 Å². The first-order chi connectivity index (χ1) is 4.75. The molecule has 1 rings (SSSR count). The molecule has 0 radical (unpaired) electrons. The van der Waals surface area contributed by atoms with Gasteiger partial charge in [0.2, 0.25) is 0 Å². The van der Waals surface area contributed by atoms with Crippen molar-refractivity contribution in [2.75, 3.05) is 0 Å². The van der Waals surface area contributed by atoms with Gasteiger partial charge in [0, 0.05) is 12.3 Å². The Labute approximate surface area is 62.1 Å². The molecule has 2 atom stereocenters. The maximum atomic E-state index is 11.2. The number of carbonyl (C=O) groups is 1. The van der Waals surface area contributed by atoms with Crippen LogP contribution in [0, 0.1) is 11.8 Å². The SMILES string of the molecule is C=C[C@H]1C(=O)CCC[C@@H]1C. The molecule has 0 N–H and O–H groups in total.